The molecule has 0 saturated carbocycles. The van der Waals surface area contributed by atoms with Crippen molar-refractivity contribution >= 4 is 17.2 Å². The van der Waals surface area contributed by atoms with Gasteiger partial charge in [0, 0.05) is 19.3 Å². The van der Waals surface area contributed by atoms with Gasteiger partial charge in [0.25, 0.3) is 0 Å². The summed E-state index contributed by atoms with van der Waals surface area (Å²) in [5, 5.41) is 0. The Morgan fingerprint density at radius 2 is 2.39 bits per heavy atom. The summed E-state index contributed by atoms with van der Waals surface area (Å²) in [6.07, 6.45) is 3.04. The minimum atomic E-state index is 0.394. The van der Waals surface area contributed by atoms with Gasteiger partial charge >= 0.3 is 0 Å². The van der Waals surface area contributed by atoms with Gasteiger partial charge < -0.3 is 5.73 Å². The molecule has 18 heavy (non-hydrogen) atoms. The number of hydrogen-bond donors (Lipinski definition) is 1. The van der Waals surface area contributed by atoms with Gasteiger partial charge in [-0.1, -0.05) is 32.1 Å². The van der Waals surface area contributed by atoms with Gasteiger partial charge in [0.05, 0.1) is 0 Å². The van der Waals surface area contributed by atoms with Gasteiger partial charge in [-0.05, 0) is 36.4 Å². The minimum absolute atomic E-state index is 0.394. The Hall–Kier alpha value is -1.00. The smallest absolute Gasteiger partial charge is 0.123 e. The topological polar surface area (TPSA) is 42.2 Å². The van der Waals surface area contributed by atoms with Crippen molar-refractivity contribution in [1.82, 2.24) is 9.88 Å². The molecular formula is C14H21N3S. The summed E-state index contributed by atoms with van der Waals surface area (Å²) in [5.74, 6) is 1.58. The summed E-state index contributed by atoms with van der Waals surface area (Å²) < 4.78 is 0. The zero-order chi connectivity index (χ0) is 13.1. The number of likely N-dealkylation sites (tertiary alicyclic amines) is 1. The van der Waals surface area contributed by atoms with Gasteiger partial charge in [-0.15, -0.1) is 0 Å². The highest BCUT2D eigenvalue weighted by molar-refractivity contribution is 7.80. The van der Waals surface area contributed by atoms with Crippen molar-refractivity contribution in [1.29, 1.82) is 0 Å². The molecule has 2 heterocycles. The summed E-state index contributed by atoms with van der Waals surface area (Å²) in [7, 11) is 0. The molecule has 0 radical (unpaired) electrons. The van der Waals surface area contributed by atoms with Gasteiger partial charge in [-0.3, -0.25) is 9.88 Å². The van der Waals surface area contributed by atoms with Crippen LogP contribution in [0.15, 0.2) is 18.3 Å². The molecule has 1 aliphatic rings. The van der Waals surface area contributed by atoms with E-state index in [-0.39, 0.29) is 0 Å². The number of thiocarbonyl (C=S) groups is 1. The van der Waals surface area contributed by atoms with Crippen LogP contribution >= 0.6 is 12.2 Å². The van der Waals surface area contributed by atoms with Crippen molar-refractivity contribution in [3.05, 3.63) is 29.6 Å². The number of pyridine rings is 1. The molecule has 1 aromatic rings. The van der Waals surface area contributed by atoms with Crippen molar-refractivity contribution in [3.8, 4) is 0 Å². The number of nitrogens with two attached hydrogens (primary N) is 1. The van der Waals surface area contributed by atoms with E-state index in [1.807, 2.05) is 6.07 Å². The molecule has 0 bridgehead atoms. The first-order chi connectivity index (χ1) is 8.58. The first-order valence-electron chi connectivity index (χ1n) is 6.54. The number of nitrogens with zero attached hydrogens (tertiary/aromatic N) is 2. The van der Waals surface area contributed by atoms with E-state index in [4.69, 9.17) is 18.0 Å². The third kappa shape index (κ3) is 3.06. The fourth-order valence-electron chi connectivity index (χ4n) is 2.58. The summed E-state index contributed by atoms with van der Waals surface area (Å²) in [6.45, 7) is 7.85. The van der Waals surface area contributed by atoms with Crippen molar-refractivity contribution < 1.29 is 0 Å². The molecule has 98 valence electrons. The molecule has 4 heteroatoms. The van der Waals surface area contributed by atoms with Crippen molar-refractivity contribution in [2.75, 3.05) is 13.1 Å². The maximum atomic E-state index is 5.71. The van der Waals surface area contributed by atoms with E-state index in [9.17, 15) is 0 Å². The fourth-order valence-corrected chi connectivity index (χ4v) is 2.76. The second-order valence-corrected chi connectivity index (χ2v) is 5.84. The van der Waals surface area contributed by atoms with E-state index in [1.165, 1.54) is 13.0 Å². The normalized spacial score (nSPS) is 20.5. The lowest BCUT2D eigenvalue weighted by Crippen LogP contribution is -2.24. The van der Waals surface area contributed by atoms with Crippen molar-refractivity contribution in [2.45, 2.75) is 26.8 Å². The Kier molecular flexibility index (Phi) is 4.30. The highest BCUT2D eigenvalue weighted by Crippen LogP contribution is 2.25. The number of hydrogen-bond acceptors (Lipinski definition) is 3. The second-order valence-electron chi connectivity index (χ2n) is 5.40. The molecule has 0 aliphatic carbocycles. The maximum Gasteiger partial charge on any atom is 0.123 e. The highest BCUT2D eigenvalue weighted by atomic mass is 32.1. The Morgan fingerprint density at radius 1 is 1.61 bits per heavy atom. The quantitative estimate of drug-likeness (QED) is 0.846. The van der Waals surface area contributed by atoms with Gasteiger partial charge in [0.2, 0.25) is 0 Å². The van der Waals surface area contributed by atoms with Crippen LogP contribution in [0.5, 0.6) is 0 Å². The van der Waals surface area contributed by atoms with E-state index >= 15 is 0 Å². The van der Waals surface area contributed by atoms with Crippen LogP contribution in [-0.2, 0) is 6.54 Å². The lowest BCUT2D eigenvalue weighted by atomic mass is 9.95. The van der Waals surface area contributed by atoms with E-state index in [2.05, 4.69) is 29.8 Å². The molecule has 1 aromatic heterocycles. The lowest BCUT2D eigenvalue weighted by Gasteiger charge is -2.18. The van der Waals surface area contributed by atoms with Crippen LogP contribution in [0.25, 0.3) is 0 Å². The van der Waals surface area contributed by atoms with Gasteiger partial charge in [0.1, 0.15) is 10.7 Å². The average molecular weight is 263 g/mol. The molecule has 2 rings (SSSR count). The monoisotopic (exact) mass is 263 g/mol. The van der Waals surface area contributed by atoms with Crippen LogP contribution in [0, 0.1) is 11.8 Å². The Labute approximate surface area is 114 Å². The molecule has 0 amide bonds. The van der Waals surface area contributed by atoms with Crippen LogP contribution < -0.4 is 5.73 Å². The number of rotatable bonds is 4. The molecule has 0 spiro atoms. The van der Waals surface area contributed by atoms with E-state index in [0.29, 0.717) is 4.99 Å². The zero-order valence-electron chi connectivity index (χ0n) is 11.1. The fraction of sp³-hybridized carbons (Fsp3) is 0.571. The predicted octanol–water partition coefficient (Wildman–Crippen LogP) is 2.19. The van der Waals surface area contributed by atoms with E-state index < -0.39 is 0 Å². The van der Waals surface area contributed by atoms with Crippen molar-refractivity contribution in [2.24, 2.45) is 17.6 Å². The third-order valence-corrected chi connectivity index (χ3v) is 3.96. The van der Waals surface area contributed by atoms with Crippen LogP contribution in [0.3, 0.4) is 0 Å². The van der Waals surface area contributed by atoms with Gasteiger partial charge in [0.15, 0.2) is 0 Å². The summed E-state index contributed by atoms with van der Waals surface area (Å²) in [6, 6.07) is 4.03. The number of aromatic nitrogens is 1. The first kappa shape index (κ1) is 13.4. The molecule has 1 aliphatic heterocycles. The summed E-state index contributed by atoms with van der Waals surface area (Å²) in [4.78, 5) is 7.15. The Morgan fingerprint density at radius 3 is 3.00 bits per heavy atom. The molecular weight excluding hydrogens is 242 g/mol. The minimum Gasteiger partial charge on any atom is -0.388 e. The Balaban J connectivity index is 2.05. The summed E-state index contributed by atoms with van der Waals surface area (Å²) >= 11 is 5.05. The third-order valence-electron chi connectivity index (χ3n) is 3.77. The molecule has 2 N–H and O–H groups in total. The van der Waals surface area contributed by atoms with Crippen LogP contribution in [0.2, 0.25) is 0 Å². The standard InChI is InChI=1S/C14H21N3S/c1-10(2)11-5-7-17(8-11)9-12-4-3-6-16-13(12)14(15)18/h3-4,6,10-11H,5,7-9H2,1-2H3,(H2,15,18). The van der Waals surface area contributed by atoms with Gasteiger partial charge in [-0.2, -0.15) is 0 Å². The highest BCUT2D eigenvalue weighted by Gasteiger charge is 2.25. The van der Waals surface area contributed by atoms with E-state index in [0.717, 1.165) is 36.2 Å². The maximum absolute atomic E-state index is 5.71. The van der Waals surface area contributed by atoms with Crippen LogP contribution in [-0.4, -0.2) is 28.0 Å². The molecule has 1 saturated heterocycles. The van der Waals surface area contributed by atoms with E-state index in [1.54, 1.807) is 6.20 Å². The molecule has 1 atom stereocenters. The SMILES string of the molecule is CC(C)C1CCN(Cc2cccnc2C(N)=S)C1. The lowest BCUT2D eigenvalue weighted by molar-refractivity contribution is 0.296. The Bertz CT molecular complexity index is 431. The molecule has 3 nitrogen and oxygen atoms in total. The average Bonchev–Trinajstić information content (AvgIpc) is 2.78. The molecule has 1 fully saturated rings. The van der Waals surface area contributed by atoms with Crippen LogP contribution in [0.1, 0.15) is 31.5 Å². The molecule has 1 unspecified atom stereocenters. The largest absolute Gasteiger partial charge is 0.388 e. The first-order valence-corrected chi connectivity index (χ1v) is 6.94. The van der Waals surface area contributed by atoms with Crippen molar-refractivity contribution in [3.63, 3.8) is 0 Å². The zero-order valence-corrected chi connectivity index (χ0v) is 11.9. The van der Waals surface area contributed by atoms with Gasteiger partial charge in [-0.25, -0.2) is 0 Å². The second kappa shape index (κ2) is 5.76. The predicted molar refractivity (Wildman–Crippen MR) is 78.3 cm³/mol. The summed E-state index contributed by atoms with van der Waals surface area (Å²) in [5.41, 5.74) is 7.64. The molecule has 0 aromatic carbocycles. The van der Waals surface area contributed by atoms with Crippen LogP contribution in [0.4, 0.5) is 0 Å².